The fraction of sp³-hybridized carbons (Fsp3) is 0.533. The quantitative estimate of drug-likeness (QED) is 0.727. The average molecular weight is 248 g/mol. The van der Waals surface area contributed by atoms with Crippen LogP contribution in [0.5, 0.6) is 0 Å². The third kappa shape index (κ3) is 4.40. The summed E-state index contributed by atoms with van der Waals surface area (Å²) in [5.41, 5.74) is 2.81. The van der Waals surface area contributed by atoms with E-state index >= 15 is 0 Å². The molecule has 0 heterocycles. The van der Waals surface area contributed by atoms with Crippen molar-refractivity contribution < 1.29 is 4.79 Å². The summed E-state index contributed by atoms with van der Waals surface area (Å²) in [5.74, 6) is 0.0339. The first-order chi connectivity index (χ1) is 8.69. The number of amides is 1. The molecule has 1 aromatic rings. The monoisotopic (exact) mass is 248 g/mol. The van der Waals surface area contributed by atoms with E-state index < -0.39 is 0 Å². The van der Waals surface area contributed by atoms with Crippen molar-refractivity contribution in [3.8, 4) is 0 Å². The summed E-state index contributed by atoms with van der Waals surface area (Å²) in [6, 6.07) is 5.80. The summed E-state index contributed by atoms with van der Waals surface area (Å²) in [6.07, 6.45) is 4.71. The number of unbranched alkanes of at least 4 members (excludes halogenated alkanes) is 3. The molecule has 1 rings (SSSR count). The number of nitrogens with one attached hydrogen (secondary N) is 2. The van der Waals surface area contributed by atoms with Gasteiger partial charge in [0.1, 0.15) is 0 Å². The fourth-order valence-corrected chi connectivity index (χ4v) is 1.92. The molecule has 2 N–H and O–H groups in total. The number of hydrogen-bond acceptors (Lipinski definition) is 2. The standard InChI is InChI=1S/C15H24N2O/c1-4-5-6-7-10-17-15(18)14-9-8-13(16-3)11-12(14)2/h8-9,11,16H,4-7,10H2,1-3H3,(H,17,18). The van der Waals surface area contributed by atoms with Crippen LogP contribution in [0.3, 0.4) is 0 Å². The second kappa shape index (κ2) is 7.75. The van der Waals surface area contributed by atoms with Gasteiger partial charge in [0.05, 0.1) is 0 Å². The summed E-state index contributed by atoms with van der Waals surface area (Å²) < 4.78 is 0. The van der Waals surface area contributed by atoms with Crippen LogP contribution >= 0.6 is 0 Å². The maximum Gasteiger partial charge on any atom is 0.251 e. The molecule has 0 aliphatic heterocycles. The molecule has 0 radical (unpaired) electrons. The molecule has 0 fully saturated rings. The molecule has 0 aromatic heterocycles. The normalized spacial score (nSPS) is 10.2. The Bertz CT molecular complexity index is 388. The molecule has 18 heavy (non-hydrogen) atoms. The van der Waals surface area contributed by atoms with Gasteiger partial charge in [0.2, 0.25) is 0 Å². The van der Waals surface area contributed by atoms with Crippen molar-refractivity contribution in [3.05, 3.63) is 29.3 Å². The summed E-state index contributed by atoms with van der Waals surface area (Å²) in [5, 5.41) is 6.05. The first kappa shape index (κ1) is 14.6. The van der Waals surface area contributed by atoms with Crippen molar-refractivity contribution in [1.29, 1.82) is 0 Å². The molecule has 0 saturated carbocycles. The Hall–Kier alpha value is -1.51. The van der Waals surface area contributed by atoms with Crippen molar-refractivity contribution in [2.75, 3.05) is 18.9 Å². The van der Waals surface area contributed by atoms with Gasteiger partial charge in [0, 0.05) is 24.8 Å². The Morgan fingerprint density at radius 3 is 2.61 bits per heavy atom. The zero-order valence-corrected chi connectivity index (χ0v) is 11.7. The van der Waals surface area contributed by atoms with E-state index in [9.17, 15) is 4.79 Å². The van der Waals surface area contributed by atoms with E-state index in [1.807, 2.05) is 32.2 Å². The topological polar surface area (TPSA) is 41.1 Å². The largest absolute Gasteiger partial charge is 0.388 e. The van der Waals surface area contributed by atoms with Gasteiger partial charge in [-0.05, 0) is 37.1 Å². The molecule has 0 spiro atoms. The van der Waals surface area contributed by atoms with Gasteiger partial charge in [-0.3, -0.25) is 4.79 Å². The highest BCUT2D eigenvalue weighted by atomic mass is 16.1. The number of rotatable bonds is 7. The lowest BCUT2D eigenvalue weighted by Gasteiger charge is -2.09. The highest BCUT2D eigenvalue weighted by Gasteiger charge is 2.08. The van der Waals surface area contributed by atoms with Gasteiger partial charge in [-0.2, -0.15) is 0 Å². The third-order valence-electron chi connectivity index (χ3n) is 3.08. The summed E-state index contributed by atoms with van der Waals surface area (Å²) >= 11 is 0. The summed E-state index contributed by atoms with van der Waals surface area (Å²) in [4.78, 5) is 12.0. The smallest absolute Gasteiger partial charge is 0.251 e. The second-order valence-corrected chi connectivity index (χ2v) is 4.60. The van der Waals surface area contributed by atoms with E-state index in [0.29, 0.717) is 0 Å². The van der Waals surface area contributed by atoms with E-state index in [-0.39, 0.29) is 5.91 Å². The lowest BCUT2D eigenvalue weighted by molar-refractivity contribution is 0.0952. The van der Waals surface area contributed by atoms with E-state index in [4.69, 9.17) is 0 Å². The zero-order chi connectivity index (χ0) is 13.4. The van der Waals surface area contributed by atoms with Crippen LogP contribution < -0.4 is 10.6 Å². The molecule has 3 heteroatoms. The van der Waals surface area contributed by atoms with Crippen LogP contribution in [0.1, 0.15) is 48.5 Å². The molecule has 0 bridgehead atoms. The number of aryl methyl sites for hydroxylation is 1. The molecule has 1 aromatic carbocycles. The number of benzene rings is 1. The van der Waals surface area contributed by atoms with Crippen LogP contribution in [-0.2, 0) is 0 Å². The van der Waals surface area contributed by atoms with Gasteiger partial charge in [0.15, 0.2) is 0 Å². The van der Waals surface area contributed by atoms with Crippen LogP contribution in [0.4, 0.5) is 5.69 Å². The molecule has 0 saturated heterocycles. The van der Waals surface area contributed by atoms with Gasteiger partial charge >= 0.3 is 0 Å². The third-order valence-corrected chi connectivity index (χ3v) is 3.08. The van der Waals surface area contributed by atoms with Crippen molar-refractivity contribution in [2.24, 2.45) is 0 Å². The van der Waals surface area contributed by atoms with E-state index in [1.54, 1.807) is 0 Å². The van der Waals surface area contributed by atoms with Gasteiger partial charge in [-0.1, -0.05) is 26.2 Å². The van der Waals surface area contributed by atoms with Crippen molar-refractivity contribution in [1.82, 2.24) is 5.32 Å². The maximum atomic E-state index is 12.0. The molecule has 0 aliphatic rings. The van der Waals surface area contributed by atoms with Gasteiger partial charge in [-0.25, -0.2) is 0 Å². The molecule has 0 atom stereocenters. The second-order valence-electron chi connectivity index (χ2n) is 4.60. The van der Waals surface area contributed by atoms with Crippen molar-refractivity contribution in [3.63, 3.8) is 0 Å². The Morgan fingerprint density at radius 2 is 2.00 bits per heavy atom. The molecule has 0 unspecified atom stereocenters. The van der Waals surface area contributed by atoms with Crippen molar-refractivity contribution >= 4 is 11.6 Å². The summed E-state index contributed by atoms with van der Waals surface area (Å²) in [6.45, 7) is 4.92. The van der Waals surface area contributed by atoms with Crippen LogP contribution in [0.2, 0.25) is 0 Å². The van der Waals surface area contributed by atoms with Gasteiger partial charge in [-0.15, -0.1) is 0 Å². The minimum Gasteiger partial charge on any atom is -0.388 e. The summed E-state index contributed by atoms with van der Waals surface area (Å²) in [7, 11) is 1.88. The minimum atomic E-state index is 0.0339. The SMILES string of the molecule is CCCCCCNC(=O)c1ccc(NC)cc1C. The first-order valence-electron chi connectivity index (χ1n) is 6.75. The van der Waals surface area contributed by atoms with Crippen LogP contribution in [-0.4, -0.2) is 19.5 Å². The number of carbonyl (C=O) groups excluding carboxylic acids is 1. The molecule has 1 amide bonds. The van der Waals surface area contributed by atoms with Gasteiger partial charge in [0.25, 0.3) is 5.91 Å². The Balaban J connectivity index is 2.46. The van der Waals surface area contributed by atoms with Crippen LogP contribution in [0.15, 0.2) is 18.2 Å². The van der Waals surface area contributed by atoms with E-state index in [1.165, 1.54) is 19.3 Å². The Kier molecular flexibility index (Phi) is 6.26. The van der Waals surface area contributed by atoms with Gasteiger partial charge < -0.3 is 10.6 Å². The highest BCUT2D eigenvalue weighted by molar-refractivity contribution is 5.96. The first-order valence-corrected chi connectivity index (χ1v) is 6.75. The molecule has 0 aliphatic carbocycles. The molecular weight excluding hydrogens is 224 g/mol. The number of anilines is 1. The highest BCUT2D eigenvalue weighted by Crippen LogP contribution is 2.14. The number of carbonyl (C=O) groups is 1. The van der Waals surface area contributed by atoms with E-state index in [2.05, 4.69) is 17.6 Å². The Morgan fingerprint density at radius 1 is 1.22 bits per heavy atom. The molecular formula is C15H24N2O. The van der Waals surface area contributed by atoms with E-state index in [0.717, 1.165) is 29.8 Å². The predicted octanol–water partition coefficient (Wildman–Crippen LogP) is 3.35. The number of hydrogen-bond donors (Lipinski definition) is 2. The lowest BCUT2D eigenvalue weighted by Crippen LogP contribution is -2.25. The van der Waals surface area contributed by atoms with Crippen molar-refractivity contribution in [2.45, 2.75) is 39.5 Å². The average Bonchev–Trinajstić information content (AvgIpc) is 2.38. The Labute approximate surface area is 110 Å². The van der Waals surface area contributed by atoms with Crippen LogP contribution in [0.25, 0.3) is 0 Å². The zero-order valence-electron chi connectivity index (χ0n) is 11.7. The molecule has 100 valence electrons. The lowest BCUT2D eigenvalue weighted by atomic mass is 10.1. The minimum absolute atomic E-state index is 0.0339. The maximum absolute atomic E-state index is 12.0. The van der Waals surface area contributed by atoms with Crippen LogP contribution in [0, 0.1) is 6.92 Å². The predicted molar refractivity (Wildman–Crippen MR) is 77.2 cm³/mol. The molecule has 3 nitrogen and oxygen atoms in total. The fourth-order valence-electron chi connectivity index (χ4n) is 1.92.